The number of hydrogen-bond acceptors (Lipinski definition) is 5. The molecule has 0 spiro atoms. The average Bonchev–Trinajstić information content (AvgIpc) is 2.37. The molecule has 0 atom stereocenters. The van der Waals surface area contributed by atoms with Crippen LogP contribution in [-0.4, -0.2) is 25.9 Å². The van der Waals surface area contributed by atoms with Crippen molar-refractivity contribution >= 4 is 15.8 Å². The molecule has 1 rings (SSSR count). The predicted molar refractivity (Wildman–Crippen MR) is 69.7 cm³/mol. The lowest BCUT2D eigenvalue weighted by molar-refractivity contribution is -0.141. The fourth-order valence-corrected chi connectivity index (χ4v) is 2.57. The summed E-state index contributed by atoms with van der Waals surface area (Å²) in [6.45, 7) is 0.0629. The monoisotopic (exact) mass is 281 g/mol. The Hall–Kier alpha value is -1.87. The van der Waals surface area contributed by atoms with Gasteiger partial charge in [0.2, 0.25) is 0 Å². The molecule has 0 amide bonds. The fourth-order valence-electron chi connectivity index (χ4n) is 1.40. The van der Waals surface area contributed by atoms with Crippen LogP contribution in [-0.2, 0) is 26.0 Å². The lowest BCUT2D eigenvalue weighted by Gasteiger charge is -2.05. The normalized spacial score (nSPS) is 10.7. The third-order valence-corrected chi connectivity index (χ3v) is 3.91. The third kappa shape index (κ3) is 6.58. The van der Waals surface area contributed by atoms with Crippen LogP contribution >= 0.6 is 0 Å². The second-order valence-electron chi connectivity index (χ2n) is 4.00. The van der Waals surface area contributed by atoms with Gasteiger partial charge >= 0.3 is 5.97 Å². The highest BCUT2D eigenvalue weighted by Gasteiger charge is 2.17. The van der Waals surface area contributed by atoms with Crippen molar-refractivity contribution in [1.29, 1.82) is 5.26 Å². The Morgan fingerprint density at radius 3 is 2.58 bits per heavy atom. The Balaban J connectivity index is 2.37. The molecule has 0 aliphatic heterocycles. The minimum Gasteiger partial charge on any atom is -0.460 e. The van der Waals surface area contributed by atoms with Crippen molar-refractivity contribution < 1.29 is 17.9 Å². The van der Waals surface area contributed by atoms with Gasteiger partial charge in [0, 0.05) is 6.42 Å². The number of unbranched alkanes of at least 4 members (excludes halogenated alkanes) is 1. The van der Waals surface area contributed by atoms with E-state index in [4.69, 9.17) is 10.00 Å². The highest BCUT2D eigenvalue weighted by atomic mass is 32.2. The number of hydrogen-bond donors (Lipinski definition) is 0. The van der Waals surface area contributed by atoms with E-state index in [0.717, 1.165) is 5.56 Å². The minimum absolute atomic E-state index is 0.0629. The van der Waals surface area contributed by atoms with Crippen LogP contribution in [0.4, 0.5) is 0 Å². The van der Waals surface area contributed by atoms with Crippen LogP contribution in [0.3, 0.4) is 0 Å². The standard InChI is InChI=1S/C13H15NO4S/c14-8-4-5-9-19(16,17)11-13(15)18-10-12-6-2-1-3-7-12/h1-3,6-7H,4-5,9-11H2. The van der Waals surface area contributed by atoms with E-state index in [1.807, 2.05) is 24.3 Å². The van der Waals surface area contributed by atoms with Gasteiger partial charge in [-0.2, -0.15) is 5.26 Å². The number of carbonyl (C=O) groups excluding carboxylic acids is 1. The molecule has 0 bridgehead atoms. The summed E-state index contributed by atoms with van der Waals surface area (Å²) in [5.41, 5.74) is 0.803. The summed E-state index contributed by atoms with van der Waals surface area (Å²) in [6, 6.07) is 10.9. The number of ether oxygens (including phenoxy) is 1. The molecule has 5 nitrogen and oxygen atoms in total. The molecule has 0 aliphatic rings. The lowest BCUT2D eigenvalue weighted by atomic mass is 10.2. The van der Waals surface area contributed by atoms with Crippen LogP contribution in [0.2, 0.25) is 0 Å². The zero-order valence-corrected chi connectivity index (χ0v) is 11.2. The SMILES string of the molecule is N#CCCCS(=O)(=O)CC(=O)OCc1ccccc1. The molecule has 0 saturated heterocycles. The van der Waals surface area contributed by atoms with E-state index in [-0.39, 0.29) is 25.2 Å². The van der Waals surface area contributed by atoms with Gasteiger partial charge in [-0.15, -0.1) is 0 Å². The molecule has 0 fully saturated rings. The maximum Gasteiger partial charge on any atom is 0.321 e. The summed E-state index contributed by atoms with van der Waals surface area (Å²) in [5.74, 6) is -1.56. The van der Waals surface area contributed by atoms with Gasteiger partial charge in [-0.3, -0.25) is 4.79 Å². The number of nitriles is 1. The first-order valence-electron chi connectivity index (χ1n) is 5.80. The molecule has 0 N–H and O–H groups in total. The molecule has 6 heteroatoms. The summed E-state index contributed by atoms with van der Waals surface area (Å²) in [6.07, 6.45) is 0.406. The van der Waals surface area contributed by atoms with Crippen molar-refractivity contribution in [3.63, 3.8) is 0 Å². The smallest absolute Gasteiger partial charge is 0.321 e. The van der Waals surface area contributed by atoms with Crippen LogP contribution in [0.25, 0.3) is 0 Å². The number of esters is 1. The van der Waals surface area contributed by atoms with Crippen LogP contribution in [0, 0.1) is 11.3 Å². The molecule has 0 radical (unpaired) electrons. The molecular weight excluding hydrogens is 266 g/mol. The van der Waals surface area contributed by atoms with Gasteiger partial charge in [0.25, 0.3) is 0 Å². The van der Waals surface area contributed by atoms with E-state index >= 15 is 0 Å². The molecule has 0 saturated carbocycles. The van der Waals surface area contributed by atoms with Crippen molar-refractivity contribution in [3.8, 4) is 6.07 Å². The van der Waals surface area contributed by atoms with Crippen LogP contribution in [0.15, 0.2) is 30.3 Å². The first-order valence-corrected chi connectivity index (χ1v) is 7.62. The maximum atomic E-state index is 11.5. The molecule has 0 heterocycles. The average molecular weight is 281 g/mol. The van der Waals surface area contributed by atoms with E-state index in [2.05, 4.69) is 0 Å². The molecule has 0 aromatic heterocycles. The summed E-state index contributed by atoms with van der Waals surface area (Å²) in [5, 5.41) is 8.32. The van der Waals surface area contributed by atoms with E-state index in [0.29, 0.717) is 0 Å². The molecule has 0 aliphatic carbocycles. The Morgan fingerprint density at radius 2 is 1.95 bits per heavy atom. The van der Waals surface area contributed by atoms with Crippen LogP contribution in [0.1, 0.15) is 18.4 Å². The van der Waals surface area contributed by atoms with Gasteiger partial charge in [-0.1, -0.05) is 30.3 Å². The lowest BCUT2D eigenvalue weighted by Crippen LogP contribution is -2.21. The van der Waals surface area contributed by atoms with Gasteiger partial charge < -0.3 is 4.74 Å². The van der Waals surface area contributed by atoms with Crippen molar-refractivity contribution in [3.05, 3.63) is 35.9 Å². The van der Waals surface area contributed by atoms with E-state index in [1.54, 1.807) is 12.1 Å². The number of sulfone groups is 1. The van der Waals surface area contributed by atoms with Crippen molar-refractivity contribution in [2.24, 2.45) is 0 Å². The van der Waals surface area contributed by atoms with Crippen molar-refractivity contribution in [1.82, 2.24) is 0 Å². The Labute approximate surface area is 112 Å². The minimum atomic E-state index is -3.48. The summed E-state index contributed by atoms with van der Waals surface area (Å²) < 4.78 is 27.9. The summed E-state index contributed by atoms with van der Waals surface area (Å²) in [7, 11) is -3.48. The first kappa shape index (κ1) is 15.2. The summed E-state index contributed by atoms with van der Waals surface area (Å²) >= 11 is 0. The predicted octanol–water partition coefficient (Wildman–Crippen LogP) is 1.45. The quantitative estimate of drug-likeness (QED) is 0.558. The number of rotatable bonds is 7. The van der Waals surface area contributed by atoms with E-state index in [1.165, 1.54) is 0 Å². The molecule has 19 heavy (non-hydrogen) atoms. The number of benzene rings is 1. The summed E-state index contributed by atoms with van der Waals surface area (Å²) in [4.78, 5) is 11.4. The van der Waals surface area contributed by atoms with Crippen LogP contribution < -0.4 is 0 Å². The second-order valence-corrected chi connectivity index (χ2v) is 6.18. The Kier molecular flexibility index (Phi) is 6.03. The Bertz CT molecular complexity index is 546. The van der Waals surface area contributed by atoms with Gasteiger partial charge in [0.05, 0.1) is 11.8 Å². The van der Waals surface area contributed by atoms with Crippen molar-refractivity contribution in [2.45, 2.75) is 19.4 Å². The van der Waals surface area contributed by atoms with E-state index in [9.17, 15) is 13.2 Å². The number of carbonyl (C=O) groups is 1. The Morgan fingerprint density at radius 1 is 1.26 bits per heavy atom. The largest absolute Gasteiger partial charge is 0.460 e. The topological polar surface area (TPSA) is 84.2 Å². The molecule has 1 aromatic rings. The zero-order valence-electron chi connectivity index (χ0n) is 10.4. The maximum absolute atomic E-state index is 11.5. The van der Waals surface area contributed by atoms with Gasteiger partial charge in [-0.05, 0) is 12.0 Å². The van der Waals surface area contributed by atoms with Gasteiger partial charge in [0.1, 0.15) is 12.4 Å². The molecule has 1 aromatic carbocycles. The second kappa shape index (κ2) is 7.54. The van der Waals surface area contributed by atoms with Crippen LogP contribution in [0.5, 0.6) is 0 Å². The van der Waals surface area contributed by atoms with Gasteiger partial charge in [0.15, 0.2) is 9.84 Å². The number of nitrogens with zero attached hydrogens (tertiary/aromatic N) is 1. The van der Waals surface area contributed by atoms with Gasteiger partial charge in [-0.25, -0.2) is 8.42 Å². The highest BCUT2D eigenvalue weighted by molar-refractivity contribution is 7.92. The highest BCUT2D eigenvalue weighted by Crippen LogP contribution is 2.03. The van der Waals surface area contributed by atoms with E-state index < -0.39 is 21.6 Å². The third-order valence-electron chi connectivity index (χ3n) is 2.32. The zero-order chi connectivity index (χ0) is 14.1. The molecule has 0 unspecified atom stereocenters. The fraction of sp³-hybridized carbons (Fsp3) is 0.385. The van der Waals surface area contributed by atoms with Crippen molar-refractivity contribution in [2.75, 3.05) is 11.5 Å². The first-order chi connectivity index (χ1) is 9.03. The molecule has 102 valence electrons. The molecular formula is C13H15NO4S.